The van der Waals surface area contributed by atoms with Crippen LogP contribution in [0.4, 0.5) is 0 Å². The average molecular weight is 733 g/mol. The predicted octanol–water partition coefficient (Wildman–Crippen LogP) is 8.38. The van der Waals surface area contributed by atoms with Crippen LogP contribution in [-0.2, 0) is 17.4 Å². The van der Waals surface area contributed by atoms with E-state index in [0.29, 0.717) is 0 Å². The van der Waals surface area contributed by atoms with Gasteiger partial charge >= 0.3 is 263 Å². The maximum absolute atomic E-state index is 4.76. The number of hydrogen-bond acceptors (Lipinski definition) is 2. The molecule has 46 heavy (non-hydrogen) atoms. The number of rotatable bonds is 6. The van der Waals surface area contributed by atoms with Crippen molar-refractivity contribution < 1.29 is 17.4 Å². The van der Waals surface area contributed by atoms with E-state index in [2.05, 4.69) is 153 Å². The molecule has 2 aliphatic carbocycles. The van der Waals surface area contributed by atoms with E-state index in [1.807, 2.05) is 24.5 Å². The van der Waals surface area contributed by atoms with E-state index in [1.54, 1.807) is 0 Å². The number of allylic oxidation sites excluding steroid dienone is 2. The Morgan fingerprint density at radius 1 is 0.457 bits per heavy atom. The molecule has 0 aliphatic heterocycles. The normalized spacial score (nSPS) is 16.2. The zero-order valence-electron chi connectivity index (χ0n) is 25.2. The van der Waals surface area contributed by atoms with Gasteiger partial charge in [0.2, 0.25) is 0 Å². The van der Waals surface area contributed by atoms with Gasteiger partial charge in [-0.25, -0.2) is 0 Å². The number of halogens is 2. The van der Waals surface area contributed by atoms with Crippen LogP contribution in [0.25, 0.3) is 34.7 Å². The monoisotopic (exact) mass is 730 g/mol. The molecule has 6 heteroatoms. The molecule has 2 nitrogen and oxygen atoms in total. The van der Waals surface area contributed by atoms with Gasteiger partial charge in [0.1, 0.15) is 0 Å². The van der Waals surface area contributed by atoms with Crippen LogP contribution in [0.1, 0.15) is 29.5 Å². The van der Waals surface area contributed by atoms with Crippen molar-refractivity contribution in [3.8, 4) is 22.5 Å². The summed E-state index contributed by atoms with van der Waals surface area (Å²) in [6.45, 7) is 2.38. The number of pyridine rings is 2. The van der Waals surface area contributed by atoms with Gasteiger partial charge in [-0.3, -0.25) is 0 Å². The summed E-state index contributed by atoms with van der Waals surface area (Å²) >= 11 is -4.51. The Kier molecular flexibility index (Phi) is 9.02. The molecular formula is C40H34Cl2N2SiZr. The number of hydrogen-bond donors (Lipinski definition) is 0. The van der Waals surface area contributed by atoms with Gasteiger partial charge in [0, 0.05) is 0 Å². The quantitative estimate of drug-likeness (QED) is 0.161. The molecule has 2 atom stereocenters. The van der Waals surface area contributed by atoms with E-state index >= 15 is 0 Å². The molecule has 8 rings (SSSR count). The van der Waals surface area contributed by atoms with Gasteiger partial charge in [0.15, 0.2) is 0 Å². The first-order chi connectivity index (χ1) is 21.7. The van der Waals surface area contributed by atoms with E-state index in [0.717, 1.165) is 11.4 Å². The molecule has 0 radical (unpaired) electrons. The molecule has 0 amide bonds. The molecule has 0 saturated heterocycles. The number of fused-ring (bicyclic) bond motifs is 2. The van der Waals surface area contributed by atoms with Crippen molar-refractivity contribution >= 4 is 50.4 Å². The number of nitrogens with zero attached hydrogens (tertiary/aromatic N) is 2. The average Bonchev–Trinajstić information content (AvgIpc) is 3.76. The summed E-state index contributed by atoms with van der Waals surface area (Å²) < 4.78 is 3.54. The van der Waals surface area contributed by atoms with Crippen molar-refractivity contribution in [1.29, 1.82) is 0 Å². The Hall–Kier alpha value is -3.66. The van der Waals surface area contributed by atoms with Crippen LogP contribution in [-0.4, -0.2) is 16.8 Å². The van der Waals surface area contributed by atoms with Crippen LogP contribution in [0, 0.1) is 0 Å². The Labute approximate surface area is 285 Å². The van der Waals surface area contributed by atoms with Crippen LogP contribution in [0.15, 0.2) is 158 Å². The molecule has 0 N–H and O–H groups in total. The predicted molar refractivity (Wildman–Crippen MR) is 198 cm³/mol. The molecule has 6 aromatic rings. The molecule has 2 aliphatic rings. The number of benzene rings is 4. The van der Waals surface area contributed by atoms with Crippen LogP contribution >= 0.6 is 24.8 Å². The first-order valence-corrected chi connectivity index (χ1v) is 26.5. The molecule has 2 heterocycles. The number of aromatic nitrogens is 2. The fourth-order valence-corrected chi connectivity index (χ4v) is 32.5. The van der Waals surface area contributed by atoms with E-state index in [-0.39, 0.29) is 32.1 Å². The fraction of sp³-hybridized carbons (Fsp3) is 0.0500. The van der Waals surface area contributed by atoms with Gasteiger partial charge in [-0.2, -0.15) is 0 Å². The summed E-state index contributed by atoms with van der Waals surface area (Å²) in [6.07, 6.45) is 13.7. The van der Waals surface area contributed by atoms with E-state index < -0.39 is 17.4 Å². The summed E-state index contributed by atoms with van der Waals surface area (Å²) in [5.41, 5.74) is 9.90. The molecule has 4 aromatic carbocycles. The van der Waals surface area contributed by atoms with Crippen molar-refractivity contribution in [2.45, 2.75) is 7.25 Å². The van der Waals surface area contributed by atoms with Crippen molar-refractivity contribution in [3.05, 3.63) is 180 Å². The second-order valence-electron chi connectivity index (χ2n) is 12.1. The maximum atomic E-state index is 4.76. The SMILES string of the molecule is Cl.Cl.[SiH2]=[Zr]([c]1ccccc1)([c]1ccccc1)([CH]1C=Cc2c(-c3ccccn3)cccc21)[CH]1C=Cc2c(-c3ccccn3)cccc21. The molecule has 0 saturated carbocycles. The summed E-state index contributed by atoms with van der Waals surface area (Å²) in [6, 6.07) is 49.1. The van der Waals surface area contributed by atoms with Gasteiger partial charge in [-0.05, 0) is 0 Å². The minimum atomic E-state index is -4.51. The third-order valence-electron chi connectivity index (χ3n) is 10.1. The third-order valence-corrected chi connectivity index (χ3v) is 37.9. The van der Waals surface area contributed by atoms with Crippen LogP contribution in [0.5, 0.6) is 0 Å². The summed E-state index contributed by atoms with van der Waals surface area (Å²) in [5, 5.41) is 0. The molecule has 0 fully saturated rings. The van der Waals surface area contributed by atoms with Gasteiger partial charge in [-0.15, -0.1) is 24.8 Å². The van der Waals surface area contributed by atoms with Crippen LogP contribution in [0.2, 0.25) is 0 Å². The second-order valence-corrected chi connectivity index (χ2v) is 35.0. The second kappa shape index (κ2) is 12.9. The van der Waals surface area contributed by atoms with Crippen LogP contribution in [0.3, 0.4) is 0 Å². The first kappa shape index (κ1) is 32.3. The molecule has 2 aromatic heterocycles. The summed E-state index contributed by atoms with van der Waals surface area (Å²) in [5.74, 6) is 0. The first-order valence-electron chi connectivity index (χ1n) is 15.3. The van der Waals surface area contributed by atoms with Gasteiger partial charge in [0.05, 0.1) is 0 Å². The Bertz CT molecular complexity index is 1980. The van der Waals surface area contributed by atoms with Crippen molar-refractivity contribution in [2.24, 2.45) is 0 Å². The molecule has 2 unspecified atom stereocenters. The standard InChI is InChI=1S/2C14H10N.2C6H5.2ClH.H2Si.Zr/c2*1-2-10-15-14(9-1)13-8-4-6-11-5-3-7-12(11)13;2*1-2-4-6-5-3-1;;;;/h2*1-10H;2*1-5H;2*1H;1H2;. The van der Waals surface area contributed by atoms with Gasteiger partial charge in [-0.1, -0.05) is 0 Å². The van der Waals surface area contributed by atoms with Crippen molar-refractivity contribution in [2.75, 3.05) is 0 Å². The summed E-state index contributed by atoms with van der Waals surface area (Å²) in [7, 11) is 0. The topological polar surface area (TPSA) is 25.8 Å². The molecular weight excluding hydrogens is 699 g/mol. The van der Waals surface area contributed by atoms with Crippen molar-refractivity contribution in [1.82, 2.24) is 9.97 Å². The van der Waals surface area contributed by atoms with E-state index in [9.17, 15) is 0 Å². The van der Waals surface area contributed by atoms with Crippen LogP contribution < -0.4 is 6.54 Å². The molecule has 226 valence electrons. The van der Waals surface area contributed by atoms with Gasteiger partial charge < -0.3 is 0 Å². The zero-order valence-corrected chi connectivity index (χ0v) is 30.7. The van der Waals surface area contributed by atoms with Gasteiger partial charge in [0.25, 0.3) is 0 Å². The minimum absolute atomic E-state index is 0. The Morgan fingerprint density at radius 3 is 1.26 bits per heavy atom. The fourth-order valence-electron chi connectivity index (χ4n) is 8.06. The zero-order chi connectivity index (χ0) is 29.6. The molecule has 0 spiro atoms. The molecule has 0 bridgehead atoms. The Balaban J connectivity index is 0.00000186. The Morgan fingerprint density at radius 2 is 0.870 bits per heavy atom. The van der Waals surface area contributed by atoms with Crippen molar-refractivity contribution in [3.63, 3.8) is 0 Å². The van der Waals surface area contributed by atoms with E-state index in [1.165, 1.54) is 39.9 Å². The third kappa shape index (κ3) is 4.78. The summed E-state index contributed by atoms with van der Waals surface area (Å²) in [4.78, 5) is 9.52. The van der Waals surface area contributed by atoms with E-state index in [4.69, 9.17) is 9.97 Å².